The minimum Gasteiger partial charge on any atom is -0.379 e. The molecule has 1 fully saturated rings. The van der Waals surface area contributed by atoms with E-state index in [1.54, 1.807) is 18.2 Å². The van der Waals surface area contributed by atoms with Crippen LogP contribution in [0.15, 0.2) is 48.7 Å². The van der Waals surface area contributed by atoms with E-state index in [-0.39, 0.29) is 17.5 Å². The summed E-state index contributed by atoms with van der Waals surface area (Å²) in [5.74, 6) is -0.561. The van der Waals surface area contributed by atoms with Gasteiger partial charge in [0.1, 0.15) is 5.69 Å². The predicted molar refractivity (Wildman–Crippen MR) is 98.2 cm³/mol. The minimum atomic E-state index is -0.285. The van der Waals surface area contributed by atoms with Gasteiger partial charge in [-0.2, -0.15) is 0 Å². The Hall–Kier alpha value is -2.77. The third-order valence-electron chi connectivity index (χ3n) is 4.10. The zero-order valence-corrected chi connectivity index (χ0v) is 14.5. The number of nitrogens with one attached hydrogen (secondary N) is 2. The van der Waals surface area contributed by atoms with E-state index in [9.17, 15) is 9.59 Å². The number of hydrogen-bond acceptors (Lipinski definition) is 5. The topological polar surface area (TPSA) is 83.6 Å². The van der Waals surface area contributed by atoms with E-state index in [1.165, 1.54) is 12.3 Å². The molecule has 2 amide bonds. The van der Waals surface area contributed by atoms with Gasteiger partial charge in [-0.15, -0.1) is 0 Å². The van der Waals surface area contributed by atoms with Gasteiger partial charge in [0.2, 0.25) is 0 Å². The van der Waals surface area contributed by atoms with Gasteiger partial charge in [-0.25, -0.2) is 0 Å². The Morgan fingerprint density at radius 3 is 2.62 bits per heavy atom. The SMILES string of the molecule is O=C(Nc1ccccc1)c1ccnc(C(=O)NCCN2CCOCC2)c1. The maximum Gasteiger partial charge on any atom is 0.269 e. The number of amides is 2. The van der Waals surface area contributed by atoms with Crippen molar-refractivity contribution < 1.29 is 14.3 Å². The van der Waals surface area contributed by atoms with Crippen molar-refractivity contribution in [3.8, 4) is 0 Å². The molecule has 2 N–H and O–H groups in total. The first-order valence-electron chi connectivity index (χ1n) is 8.63. The van der Waals surface area contributed by atoms with Crippen LogP contribution in [0.1, 0.15) is 20.8 Å². The van der Waals surface area contributed by atoms with E-state index in [4.69, 9.17) is 4.74 Å². The number of morpholine rings is 1. The van der Waals surface area contributed by atoms with Crippen LogP contribution in [-0.2, 0) is 4.74 Å². The van der Waals surface area contributed by atoms with Gasteiger partial charge < -0.3 is 15.4 Å². The van der Waals surface area contributed by atoms with E-state index in [0.717, 1.165) is 32.8 Å². The summed E-state index contributed by atoms with van der Waals surface area (Å²) in [7, 11) is 0. The van der Waals surface area contributed by atoms with Gasteiger partial charge in [0, 0.05) is 43.6 Å². The molecule has 1 aromatic carbocycles. The summed E-state index contributed by atoms with van der Waals surface area (Å²) in [6.45, 7) is 4.51. The van der Waals surface area contributed by atoms with E-state index < -0.39 is 0 Å². The van der Waals surface area contributed by atoms with Crippen molar-refractivity contribution in [1.82, 2.24) is 15.2 Å². The summed E-state index contributed by atoms with van der Waals surface area (Å²) >= 11 is 0. The van der Waals surface area contributed by atoms with Crippen LogP contribution < -0.4 is 10.6 Å². The maximum absolute atomic E-state index is 12.3. The number of carbonyl (C=O) groups excluding carboxylic acids is 2. The Kier molecular flexibility index (Phi) is 6.29. The van der Waals surface area contributed by atoms with Gasteiger partial charge in [0.05, 0.1) is 13.2 Å². The quantitative estimate of drug-likeness (QED) is 0.819. The Bertz CT molecular complexity index is 745. The number of pyridine rings is 1. The van der Waals surface area contributed by atoms with Crippen LogP contribution in [0.2, 0.25) is 0 Å². The molecular weight excluding hydrogens is 332 g/mol. The Morgan fingerprint density at radius 1 is 1.08 bits per heavy atom. The number of ether oxygens (including phenoxy) is 1. The van der Waals surface area contributed by atoms with Crippen LogP contribution in [0.3, 0.4) is 0 Å². The minimum absolute atomic E-state index is 0.229. The Balaban J connectivity index is 1.54. The lowest BCUT2D eigenvalue weighted by Crippen LogP contribution is -2.41. The maximum atomic E-state index is 12.3. The molecule has 0 atom stereocenters. The van der Waals surface area contributed by atoms with Crippen LogP contribution in [0.4, 0.5) is 5.69 Å². The third kappa shape index (κ3) is 5.11. The van der Waals surface area contributed by atoms with Gasteiger partial charge in [0.15, 0.2) is 0 Å². The molecule has 0 aliphatic carbocycles. The highest BCUT2D eigenvalue weighted by atomic mass is 16.5. The molecule has 2 aromatic rings. The molecule has 26 heavy (non-hydrogen) atoms. The van der Waals surface area contributed by atoms with Crippen LogP contribution in [0.5, 0.6) is 0 Å². The summed E-state index contributed by atoms with van der Waals surface area (Å²) in [5.41, 5.74) is 1.32. The molecule has 7 heteroatoms. The highest BCUT2D eigenvalue weighted by molar-refractivity contribution is 6.05. The zero-order chi connectivity index (χ0) is 18.2. The summed E-state index contributed by atoms with van der Waals surface area (Å²) in [6.07, 6.45) is 1.47. The van der Waals surface area contributed by atoms with Crippen molar-refractivity contribution in [2.45, 2.75) is 0 Å². The molecule has 0 bridgehead atoms. The van der Waals surface area contributed by atoms with Crippen molar-refractivity contribution in [3.05, 3.63) is 59.9 Å². The van der Waals surface area contributed by atoms with Crippen molar-refractivity contribution in [3.63, 3.8) is 0 Å². The lowest BCUT2D eigenvalue weighted by atomic mass is 10.2. The Labute approximate surface area is 152 Å². The first kappa shape index (κ1) is 18.0. The number of hydrogen-bond donors (Lipinski definition) is 2. The lowest BCUT2D eigenvalue weighted by Gasteiger charge is -2.26. The van der Waals surface area contributed by atoms with Crippen molar-refractivity contribution >= 4 is 17.5 Å². The molecule has 1 aliphatic rings. The van der Waals surface area contributed by atoms with Gasteiger partial charge in [-0.3, -0.25) is 19.5 Å². The van der Waals surface area contributed by atoms with Crippen molar-refractivity contribution in [2.75, 3.05) is 44.7 Å². The number of para-hydroxylation sites is 1. The molecule has 0 saturated carbocycles. The standard InChI is InChI=1S/C19H22N4O3/c24-18(22-16-4-2-1-3-5-16)15-6-7-20-17(14-15)19(25)21-8-9-23-10-12-26-13-11-23/h1-7,14H,8-13H2,(H,21,25)(H,22,24). The second-order valence-corrected chi connectivity index (χ2v) is 5.96. The number of anilines is 1. The average Bonchev–Trinajstić information content (AvgIpc) is 2.69. The first-order chi connectivity index (χ1) is 12.7. The second kappa shape index (κ2) is 9.07. The number of aromatic nitrogens is 1. The van der Waals surface area contributed by atoms with Crippen LogP contribution in [-0.4, -0.2) is 61.1 Å². The number of rotatable bonds is 6. The fraction of sp³-hybridized carbons (Fsp3) is 0.316. The van der Waals surface area contributed by atoms with E-state index in [1.807, 2.05) is 18.2 Å². The highest BCUT2D eigenvalue weighted by Crippen LogP contribution is 2.09. The predicted octanol–water partition coefficient (Wildman–Crippen LogP) is 1.40. The van der Waals surface area contributed by atoms with E-state index in [2.05, 4.69) is 20.5 Å². The highest BCUT2D eigenvalue weighted by Gasteiger charge is 2.13. The number of nitrogens with zero attached hydrogens (tertiary/aromatic N) is 2. The third-order valence-corrected chi connectivity index (χ3v) is 4.10. The van der Waals surface area contributed by atoms with E-state index >= 15 is 0 Å². The fourth-order valence-electron chi connectivity index (χ4n) is 2.66. The molecule has 7 nitrogen and oxygen atoms in total. The van der Waals surface area contributed by atoms with Crippen LogP contribution in [0, 0.1) is 0 Å². The van der Waals surface area contributed by atoms with E-state index in [0.29, 0.717) is 17.8 Å². The summed E-state index contributed by atoms with van der Waals surface area (Å²) in [6, 6.07) is 12.3. The number of carbonyl (C=O) groups is 2. The normalized spacial score (nSPS) is 14.6. The molecule has 3 rings (SSSR count). The molecule has 0 radical (unpaired) electrons. The first-order valence-corrected chi connectivity index (χ1v) is 8.63. The van der Waals surface area contributed by atoms with Gasteiger partial charge in [0.25, 0.3) is 11.8 Å². The molecule has 1 aromatic heterocycles. The zero-order valence-electron chi connectivity index (χ0n) is 14.5. The smallest absolute Gasteiger partial charge is 0.269 e. The molecular formula is C19H22N4O3. The summed E-state index contributed by atoms with van der Waals surface area (Å²) < 4.78 is 5.30. The molecule has 136 valence electrons. The number of benzene rings is 1. The van der Waals surface area contributed by atoms with Gasteiger partial charge >= 0.3 is 0 Å². The molecule has 0 unspecified atom stereocenters. The van der Waals surface area contributed by atoms with Crippen molar-refractivity contribution in [1.29, 1.82) is 0 Å². The lowest BCUT2D eigenvalue weighted by molar-refractivity contribution is 0.0383. The largest absolute Gasteiger partial charge is 0.379 e. The monoisotopic (exact) mass is 354 g/mol. The van der Waals surface area contributed by atoms with Gasteiger partial charge in [-0.05, 0) is 24.3 Å². The van der Waals surface area contributed by atoms with Gasteiger partial charge in [-0.1, -0.05) is 18.2 Å². The summed E-state index contributed by atoms with van der Waals surface area (Å²) in [5, 5.41) is 5.64. The summed E-state index contributed by atoms with van der Waals surface area (Å²) in [4.78, 5) is 30.9. The molecule has 1 aliphatic heterocycles. The molecule has 2 heterocycles. The van der Waals surface area contributed by atoms with Crippen LogP contribution >= 0.6 is 0 Å². The fourth-order valence-corrected chi connectivity index (χ4v) is 2.66. The molecule has 1 saturated heterocycles. The van der Waals surface area contributed by atoms with Crippen LogP contribution in [0.25, 0.3) is 0 Å². The average molecular weight is 354 g/mol. The van der Waals surface area contributed by atoms with Crippen molar-refractivity contribution in [2.24, 2.45) is 0 Å². The molecule has 0 spiro atoms. The second-order valence-electron chi connectivity index (χ2n) is 5.96. The Morgan fingerprint density at radius 2 is 1.85 bits per heavy atom.